The van der Waals surface area contributed by atoms with Gasteiger partial charge in [-0.25, -0.2) is 0 Å². The molecule has 0 heterocycles. The quantitative estimate of drug-likeness (QED) is 0.353. The van der Waals surface area contributed by atoms with Crippen LogP contribution in [0.5, 0.6) is 5.75 Å². The fraction of sp³-hybridized carbons (Fsp3) is 0.579. The molecule has 0 N–H and O–H groups in total. The molecule has 0 fully saturated rings. The van der Waals surface area contributed by atoms with E-state index < -0.39 is 8.32 Å². The van der Waals surface area contributed by atoms with Gasteiger partial charge in [-0.3, -0.25) is 0 Å². The number of ether oxygens (including phenoxy) is 2. The molecule has 0 aliphatic rings. The van der Waals surface area contributed by atoms with Crippen LogP contribution >= 0.6 is 0 Å². The van der Waals surface area contributed by atoms with E-state index >= 15 is 0 Å². The maximum absolute atomic E-state index is 6.36. The molecule has 0 spiro atoms. The Morgan fingerprint density at radius 2 is 1.78 bits per heavy atom. The summed E-state index contributed by atoms with van der Waals surface area (Å²) >= 11 is 0. The van der Waals surface area contributed by atoms with Crippen molar-refractivity contribution in [3.8, 4) is 5.75 Å². The van der Waals surface area contributed by atoms with E-state index in [9.17, 15) is 0 Å². The number of rotatable bonds is 9. The first-order valence-corrected chi connectivity index (χ1v) is 11.1. The topological polar surface area (TPSA) is 27.7 Å². The Labute approximate surface area is 142 Å². The summed E-state index contributed by atoms with van der Waals surface area (Å²) in [6, 6.07) is 7.95. The summed E-state index contributed by atoms with van der Waals surface area (Å²) in [5.41, 5.74) is 1.14. The summed E-state index contributed by atoms with van der Waals surface area (Å²) in [7, 11) is -0.0944. The SMILES string of the molecule is C=C[C@H](CCOCc1ccc(OC)cc1)O[Si](C)(C)C(C)(C)C. The van der Waals surface area contributed by atoms with Gasteiger partial charge in [-0.05, 0) is 42.2 Å². The van der Waals surface area contributed by atoms with Crippen LogP contribution in [0, 0.1) is 0 Å². The minimum atomic E-state index is -1.76. The van der Waals surface area contributed by atoms with Gasteiger partial charge in [0.25, 0.3) is 0 Å². The van der Waals surface area contributed by atoms with Crippen LogP contribution in [-0.2, 0) is 15.8 Å². The van der Waals surface area contributed by atoms with Gasteiger partial charge < -0.3 is 13.9 Å². The molecule has 23 heavy (non-hydrogen) atoms. The monoisotopic (exact) mass is 336 g/mol. The van der Waals surface area contributed by atoms with E-state index in [-0.39, 0.29) is 11.1 Å². The number of hydrogen-bond acceptors (Lipinski definition) is 3. The van der Waals surface area contributed by atoms with Crippen LogP contribution in [0.1, 0.15) is 32.8 Å². The Kier molecular flexibility index (Phi) is 7.51. The Bertz CT molecular complexity index is 474. The Morgan fingerprint density at radius 1 is 1.17 bits per heavy atom. The van der Waals surface area contributed by atoms with Crippen molar-refractivity contribution in [2.24, 2.45) is 0 Å². The lowest BCUT2D eigenvalue weighted by Crippen LogP contribution is -2.43. The van der Waals surface area contributed by atoms with E-state index in [1.54, 1.807) is 7.11 Å². The van der Waals surface area contributed by atoms with Crippen molar-refractivity contribution in [2.75, 3.05) is 13.7 Å². The van der Waals surface area contributed by atoms with E-state index in [2.05, 4.69) is 40.4 Å². The standard InChI is InChI=1S/C19H32O3Si/c1-8-17(22-23(6,7)19(2,3)4)13-14-21-15-16-9-11-18(20-5)12-10-16/h8-12,17H,1,13-15H2,2-7H3/t17-/m1/s1. The van der Waals surface area contributed by atoms with Crippen molar-refractivity contribution < 1.29 is 13.9 Å². The van der Waals surface area contributed by atoms with E-state index in [0.717, 1.165) is 17.7 Å². The van der Waals surface area contributed by atoms with Gasteiger partial charge in [0.2, 0.25) is 0 Å². The first kappa shape index (κ1) is 19.9. The third kappa shape index (κ3) is 6.49. The number of hydrogen-bond donors (Lipinski definition) is 0. The summed E-state index contributed by atoms with van der Waals surface area (Å²) in [6.07, 6.45) is 2.80. The minimum absolute atomic E-state index is 0.0618. The van der Waals surface area contributed by atoms with Crippen LogP contribution in [0.15, 0.2) is 36.9 Å². The molecule has 0 radical (unpaired) electrons. The average molecular weight is 337 g/mol. The summed E-state index contributed by atoms with van der Waals surface area (Å²) in [5, 5.41) is 0.207. The van der Waals surface area contributed by atoms with Crippen LogP contribution in [0.2, 0.25) is 18.1 Å². The normalized spacial score (nSPS) is 13.7. The van der Waals surface area contributed by atoms with Gasteiger partial charge in [-0.1, -0.05) is 39.0 Å². The van der Waals surface area contributed by atoms with Crippen molar-refractivity contribution in [3.63, 3.8) is 0 Å². The van der Waals surface area contributed by atoms with Crippen molar-refractivity contribution in [1.29, 1.82) is 0 Å². The second-order valence-electron chi connectivity index (χ2n) is 7.34. The first-order chi connectivity index (χ1) is 10.7. The van der Waals surface area contributed by atoms with Gasteiger partial charge >= 0.3 is 0 Å². The number of methoxy groups -OCH3 is 1. The summed E-state index contributed by atoms with van der Waals surface area (Å²) in [6.45, 7) is 16.5. The van der Waals surface area contributed by atoms with Crippen LogP contribution in [0.25, 0.3) is 0 Å². The highest BCUT2D eigenvalue weighted by atomic mass is 28.4. The lowest BCUT2D eigenvalue weighted by molar-refractivity contribution is 0.0908. The molecule has 3 nitrogen and oxygen atoms in total. The molecule has 0 saturated heterocycles. The van der Waals surface area contributed by atoms with E-state index in [1.165, 1.54) is 0 Å². The highest BCUT2D eigenvalue weighted by Crippen LogP contribution is 2.37. The Morgan fingerprint density at radius 3 is 2.26 bits per heavy atom. The van der Waals surface area contributed by atoms with E-state index in [4.69, 9.17) is 13.9 Å². The lowest BCUT2D eigenvalue weighted by atomic mass is 10.2. The second-order valence-corrected chi connectivity index (χ2v) is 12.1. The molecular weight excluding hydrogens is 304 g/mol. The van der Waals surface area contributed by atoms with Crippen LogP contribution < -0.4 is 4.74 Å². The first-order valence-electron chi connectivity index (χ1n) is 8.20. The van der Waals surface area contributed by atoms with Crippen LogP contribution in [0.3, 0.4) is 0 Å². The van der Waals surface area contributed by atoms with Gasteiger partial charge in [0.15, 0.2) is 8.32 Å². The highest BCUT2D eigenvalue weighted by Gasteiger charge is 2.38. The highest BCUT2D eigenvalue weighted by molar-refractivity contribution is 6.74. The maximum Gasteiger partial charge on any atom is 0.192 e. The molecular formula is C19H32O3Si. The smallest absolute Gasteiger partial charge is 0.192 e. The molecule has 0 aliphatic heterocycles. The molecule has 0 bridgehead atoms. The van der Waals surface area contributed by atoms with Crippen molar-refractivity contribution in [1.82, 2.24) is 0 Å². The van der Waals surface area contributed by atoms with E-state index in [0.29, 0.717) is 13.2 Å². The molecule has 130 valence electrons. The molecule has 0 amide bonds. The van der Waals surface area contributed by atoms with Crippen LogP contribution in [0.4, 0.5) is 0 Å². The molecule has 4 heteroatoms. The minimum Gasteiger partial charge on any atom is -0.497 e. The maximum atomic E-state index is 6.36. The predicted molar refractivity (Wildman–Crippen MR) is 99.5 cm³/mol. The fourth-order valence-corrected chi connectivity index (χ4v) is 3.22. The predicted octanol–water partition coefficient (Wildman–Crippen LogP) is 5.18. The number of benzene rings is 1. The molecule has 0 aromatic heterocycles. The molecule has 1 aromatic carbocycles. The van der Waals surface area contributed by atoms with E-state index in [1.807, 2.05) is 30.3 Å². The van der Waals surface area contributed by atoms with Gasteiger partial charge in [0, 0.05) is 6.61 Å². The zero-order valence-electron chi connectivity index (χ0n) is 15.5. The molecule has 1 rings (SSSR count). The largest absolute Gasteiger partial charge is 0.497 e. The van der Waals surface area contributed by atoms with Crippen molar-refractivity contribution >= 4 is 8.32 Å². The fourth-order valence-electron chi connectivity index (χ4n) is 1.89. The third-order valence-electron chi connectivity index (χ3n) is 4.49. The molecule has 1 aromatic rings. The Balaban J connectivity index is 2.38. The van der Waals surface area contributed by atoms with Gasteiger partial charge in [-0.2, -0.15) is 0 Å². The summed E-state index contributed by atoms with van der Waals surface area (Å²) in [4.78, 5) is 0. The molecule has 0 saturated carbocycles. The summed E-state index contributed by atoms with van der Waals surface area (Å²) in [5.74, 6) is 0.864. The lowest BCUT2D eigenvalue weighted by Gasteiger charge is -2.38. The van der Waals surface area contributed by atoms with Gasteiger partial charge in [0.1, 0.15) is 5.75 Å². The summed E-state index contributed by atoms with van der Waals surface area (Å²) < 4.78 is 17.3. The van der Waals surface area contributed by atoms with Gasteiger partial charge in [0.05, 0.1) is 19.8 Å². The zero-order valence-corrected chi connectivity index (χ0v) is 16.5. The third-order valence-corrected chi connectivity index (χ3v) is 8.99. The van der Waals surface area contributed by atoms with Crippen LogP contribution in [-0.4, -0.2) is 28.1 Å². The average Bonchev–Trinajstić information content (AvgIpc) is 2.49. The Hall–Kier alpha value is -1.10. The second kappa shape index (κ2) is 8.67. The molecule has 0 unspecified atom stereocenters. The van der Waals surface area contributed by atoms with Crippen molar-refractivity contribution in [3.05, 3.63) is 42.5 Å². The van der Waals surface area contributed by atoms with Crippen molar-refractivity contribution in [2.45, 2.75) is 58.0 Å². The molecule has 0 aliphatic carbocycles. The molecule has 1 atom stereocenters. The zero-order chi connectivity index (χ0) is 17.5. The van der Waals surface area contributed by atoms with Gasteiger partial charge in [-0.15, -0.1) is 6.58 Å².